The summed E-state index contributed by atoms with van der Waals surface area (Å²) in [6, 6.07) is 0. The number of carbonyl (C=O) groups is 2. The molecule has 5 heteroatoms. The van der Waals surface area contributed by atoms with Gasteiger partial charge >= 0.3 is 12.1 Å². The highest BCUT2D eigenvalue weighted by molar-refractivity contribution is 5.79. The van der Waals surface area contributed by atoms with Crippen LogP contribution in [0.25, 0.3) is 0 Å². The van der Waals surface area contributed by atoms with Gasteiger partial charge in [0.15, 0.2) is 0 Å². The lowest BCUT2D eigenvalue weighted by Crippen LogP contribution is -2.21. The summed E-state index contributed by atoms with van der Waals surface area (Å²) in [4.78, 5) is 25.0. The third-order valence-electron chi connectivity index (χ3n) is 1.81. The molecule has 0 radical (unpaired) electrons. The number of carboxylic acid groups (broad SMARTS) is 1. The zero-order valence-electron chi connectivity index (χ0n) is 10.7. The quantitative estimate of drug-likeness (QED) is 0.574. The molecule has 0 bridgehead atoms. The number of hydrogen-bond acceptors (Lipinski definition) is 3. The first-order valence-electron chi connectivity index (χ1n) is 5.78. The Hall–Kier alpha value is -1.39. The lowest BCUT2D eigenvalue weighted by atomic mass is 10.1. The van der Waals surface area contributed by atoms with Crippen molar-refractivity contribution in [3.05, 3.63) is 0 Å². The summed E-state index contributed by atoms with van der Waals surface area (Å²) in [5.74, 6) is -0.771. The van der Waals surface area contributed by atoms with Crippen LogP contribution in [0.3, 0.4) is 0 Å². The van der Waals surface area contributed by atoms with Crippen LogP contribution < -0.4 is 0 Å². The molecule has 5 nitrogen and oxygen atoms in total. The molecule has 0 saturated carbocycles. The maximum atomic E-state index is 11.1. The van der Waals surface area contributed by atoms with Crippen molar-refractivity contribution in [2.24, 2.45) is 4.99 Å². The number of aliphatic imine (C=N–C) groups is 1. The van der Waals surface area contributed by atoms with Crippen LogP contribution in [0.4, 0.5) is 4.79 Å². The van der Waals surface area contributed by atoms with E-state index in [-0.39, 0.29) is 6.42 Å². The highest BCUT2D eigenvalue weighted by Crippen LogP contribution is 2.08. The predicted octanol–water partition coefficient (Wildman–Crippen LogP) is 3.03. The van der Waals surface area contributed by atoms with Crippen LogP contribution >= 0.6 is 0 Å². The van der Waals surface area contributed by atoms with Crippen LogP contribution in [-0.4, -0.2) is 29.0 Å². The fourth-order valence-corrected chi connectivity index (χ4v) is 1.12. The van der Waals surface area contributed by atoms with E-state index in [1.807, 2.05) is 0 Å². The Labute approximate surface area is 102 Å². The number of nitrogens with zero attached hydrogens (tertiary/aromatic N) is 1. The molecule has 0 unspecified atom stereocenters. The second kappa shape index (κ2) is 7.81. The van der Waals surface area contributed by atoms with Crippen LogP contribution in [0.15, 0.2) is 4.99 Å². The van der Waals surface area contributed by atoms with Crippen LogP contribution in [0, 0.1) is 0 Å². The zero-order valence-corrected chi connectivity index (χ0v) is 10.7. The van der Waals surface area contributed by atoms with Gasteiger partial charge in [0.05, 0.1) is 0 Å². The Morgan fingerprint density at radius 1 is 1.24 bits per heavy atom. The van der Waals surface area contributed by atoms with E-state index in [1.165, 1.54) is 6.21 Å². The van der Waals surface area contributed by atoms with Gasteiger partial charge in [0.25, 0.3) is 0 Å². The van der Waals surface area contributed by atoms with Gasteiger partial charge in [-0.2, -0.15) is 4.99 Å². The average molecular weight is 243 g/mol. The van der Waals surface area contributed by atoms with Gasteiger partial charge in [0.1, 0.15) is 5.60 Å². The highest BCUT2D eigenvalue weighted by atomic mass is 16.6. The molecule has 0 spiro atoms. The van der Waals surface area contributed by atoms with Gasteiger partial charge in [-0.15, -0.1) is 0 Å². The Morgan fingerprint density at radius 3 is 2.41 bits per heavy atom. The van der Waals surface area contributed by atoms with Gasteiger partial charge in [-0.3, -0.25) is 4.79 Å². The Kier molecular flexibility index (Phi) is 7.18. The molecular weight excluding hydrogens is 222 g/mol. The van der Waals surface area contributed by atoms with Gasteiger partial charge in [-0.05, 0) is 40.0 Å². The Morgan fingerprint density at radius 2 is 1.88 bits per heavy atom. The van der Waals surface area contributed by atoms with E-state index in [0.717, 1.165) is 12.8 Å². The molecule has 0 aliphatic rings. The lowest BCUT2D eigenvalue weighted by molar-refractivity contribution is -0.137. The van der Waals surface area contributed by atoms with Crippen LogP contribution in [0.2, 0.25) is 0 Å². The monoisotopic (exact) mass is 243 g/mol. The SMILES string of the molecule is CC(C)(C)OC(=O)N=CCCCCCC(=O)O. The second-order valence-electron chi connectivity index (χ2n) is 4.79. The molecular formula is C12H21NO4. The number of unbranched alkanes of at least 4 members (excludes halogenated alkanes) is 3. The normalized spacial score (nSPS) is 11.7. The third kappa shape index (κ3) is 12.5. The molecule has 0 fully saturated rings. The van der Waals surface area contributed by atoms with E-state index < -0.39 is 17.7 Å². The summed E-state index contributed by atoms with van der Waals surface area (Å²) in [5, 5.41) is 8.41. The molecule has 0 aromatic rings. The second-order valence-corrected chi connectivity index (χ2v) is 4.79. The molecule has 0 heterocycles. The molecule has 0 atom stereocenters. The van der Waals surface area contributed by atoms with Gasteiger partial charge in [0.2, 0.25) is 0 Å². The number of aliphatic carboxylic acids is 1. The fraction of sp³-hybridized carbons (Fsp3) is 0.750. The summed E-state index contributed by atoms with van der Waals surface area (Å²) >= 11 is 0. The maximum absolute atomic E-state index is 11.1. The first-order valence-corrected chi connectivity index (χ1v) is 5.78. The van der Waals surface area contributed by atoms with Crippen molar-refractivity contribution in [1.82, 2.24) is 0 Å². The largest absolute Gasteiger partial charge is 0.481 e. The predicted molar refractivity (Wildman–Crippen MR) is 65.4 cm³/mol. The molecule has 1 N–H and O–H groups in total. The summed E-state index contributed by atoms with van der Waals surface area (Å²) in [6.07, 6.45) is 4.13. The Balaban J connectivity index is 3.54. The summed E-state index contributed by atoms with van der Waals surface area (Å²) in [5.41, 5.74) is -0.518. The topological polar surface area (TPSA) is 76.0 Å². The molecule has 0 aromatic heterocycles. The Bertz CT molecular complexity index is 279. The molecule has 98 valence electrons. The number of ether oxygens (including phenoxy) is 1. The van der Waals surface area contributed by atoms with Crippen LogP contribution in [0.1, 0.15) is 52.9 Å². The number of amides is 1. The third-order valence-corrected chi connectivity index (χ3v) is 1.81. The summed E-state index contributed by atoms with van der Waals surface area (Å²) in [7, 11) is 0. The molecule has 0 rings (SSSR count). The minimum atomic E-state index is -0.771. The molecule has 0 aromatic carbocycles. The molecule has 1 amide bonds. The number of carbonyl (C=O) groups excluding carboxylic acids is 1. The first kappa shape index (κ1) is 15.6. The van der Waals surface area contributed by atoms with Crippen LogP contribution in [-0.2, 0) is 9.53 Å². The van der Waals surface area contributed by atoms with Crippen molar-refractivity contribution in [2.45, 2.75) is 58.5 Å². The first-order chi connectivity index (χ1) is 7.81. The highest BCUT2D eigenvalue weighted by Gasteiger charge is 2.14. The van der Waals surface area contributed by atoms with Crippen molar-refractivity contribution < 1.29 is 19.4 Å². The van der Waals surface area contributed by atoms with Crippen LogP contribution in [0.5, 0.6) is 0 Å². The smallest absolute Gasteiger partial charge is 0.433 e. The van der Waals surface area contributed by atoms with E-state index in [4.69, 9.17) is 9.84 Å². The standard InChI is InChI=1S/C12H21NO4/c1-12(2,3)17-11(16)13-9-7-5-4-6-8-10(14)15/h9H,4-8H2,1-3H3,(H,14,15). The van der Waals surface area contributed by atoms with Crippen molar-refractivity contribution in [3.8, 4) is 0 Å². The molecule has 17 heavy (non-hydrogen) atoms. The van der Waals surface area contributed by atoms with Crippen molar-refractivity contribution in [1.29, 1.82) is 0 Å². The van der Waals surface area contributed by atoms with Gasteiger partial charge in [-0.25, -0.2) is 4.79 Å². The van der Waals surface area contributed by atoms with E-state index in [0.29, 0.717) is 12.8 Å². The van der Waals surface area contributed by atoms with Gasteiger partial charge in [0, 0.05) is 12.6 Å². The maximum Gasteiger partial charge on any atom is 0.433 e. The fourth-order valence-electron chi connectivity index (χ4n) is 1.12. The molecule has 0 aliphatic carbocycles. The number of rotatable bonds is 6. The van der Waals surface area contributed by atoms with E-state index in [9.17, 15) is 9.59 Å². The summed E-state index contributed by atoms with van der Waals surface area (Å²) in [6.45, 7) is 5.35. The van der Waals surface area contributed by atoms with Crippen molar-refractivity contribution >= 4 is 18.3 Å². The van der Waals surface area contributed by atoms with Crippen molar-refractivity contribution in [3.63, 3.8) is 0 Å². The minimum absolute atomic E-state index is 0.198. The number of carboxylic acids is 1. The summed E-state index contributed by atoms with van der Waals surface area (Å²) < 4.78 is 4.98. The van der Waals surface area contributed by atoms with Gasteiger partial charge < -0.3 is 9.84 Å². The average Bonchev–Trinajstić information content (AvgIpc) is 2.12. The van der Waals surface area contributed by atoms with E-state index in [1.54, 1.807) is 20.8 Å². The molecule has 0 aliphatic heterocycles. The molecule has 0 saturated heterocycles. The number of hydrogen-bond donors (Lipinski definition) is 1. The van der Waals surface area contributed by atoms with E-state index >= 15 is 0 Å². The zero-order chi connectivity index (χ0) is 13.3. The lowest BCUT2D eigenvalue weighted by Gasteiger charge is -2.16. The van der Waals surface area contributed by atoms with Crippen molar-refractivity contribution in [2.75, 3.05) is 0 Å². The van der Waals surface area contributed by atoms with E-state index in [2.05, 4.69) is 4.99 Å². The van der Waals surface area contributed by atoms with Gasteiger partial charge in [-0.1, -0.05) is 6.42 Å². The minimum Gasteiger partial charge on any atom is -0.481 e.